The van der Waals surface area contributed by atoms with Gasteiger partial charge in [-0.2, -0.15) is 0 Å². The summed E-state index contributed by atoms with van der Waals surface area (Å²) in [7, 11) is 9.78. The van der Waals surface area contributed by atoms with Crippen LogP contribution in [-0.2, 0) is 27.9 Å². The molecule has 1 nitrogen and oxygen atoms in total. The standard InChI is InChI=1S/C29H36O.CH3.2ClH.Ti/c1-28(2,3)22-17-25(27(30)26(18-22)29(4,5)6)24-14-10-9-13-23(24)21-15-19-11-7-8-12-20(19)16-21;;;;/h7-14,17-21,30H,15-16H2,1-6H3;1H3;2*1H;/q;-1;;;+2/p-2. The van der Waals surface area contributed by atoms with Crippen LogP contribution in [0.4, 0.5) is 0 Å². The van der Waals surface area contributed by atoms with Crippen LogP contribution in [0.3, 0.4) is 0 Å². The molecule has 2 aliphatic carbocycles. The minimum absolute atomic E-state index is 0. The average molecular weight is 534 g/mol. The van der Waals surface area contributed by atoms with E-state index in [1.807, 2.05) is 0 Å². The van der Waals surface area contributed by atoms with E-state index in [2.05, 4.69) is 102 Å². The van der Waals surface area contributed by atoms with Gasteiger partial charge >= 0.3 is 35.6 Å². The summed E-state index contributed by atoms with van der Waals surface area (Å²) in [6.45, 7) is 13.3. The molecule has 34 heavy (non-hydrogen) atoms. The Morgan fingerprint density at radius 2 is 1.35 bits per heavy atom. The molecule has 0 heterocycles. The molecule has 4 heteroatoms. The predicted octanol–water partition coefficient (Wildman–Crippen LogP) is 9.72. The fourth-order valence-corrected chi connectivity index (χ4v) is 5.16. The zero-order valence-corrected chi connectivity index (χ0v) is 24.7. The Morgan fingerprint density at radius 1 is 0.824 bits per heavy atom. The van der Waals surface area contributed by atoms with Crippen molar-refractivity contribution >= 4 is 18.6 Å². The van der Waals surface area contributed by atoms with E-state index in [-0.39, 0.29) is 18.3 Å². The monoisotopic (exact) mass is 533 g/mol. The van der Waals surface area contributed by atoms with Crippen molar-refractivity contribution in [3.8, 4) is 16.9 Å². The van der Waals surface area contributed by atoms with Gasteiger partial charge in [-0.3, -0.25) is 0 Å². The third kappa shape index (κ3) is 6.61. The Bertz CT molecular complexity index is 1010. The molecule has 2 aromatic rings. The predicted molar refractivity (Wildman–Crippen MR) is 146 cm³/mol. The molecular formula is C30H39Cl2OTi-. The van der Waals surface area contributed by atoms with Gasteiger partial charge in [0.05, 0.1) is 0 Å². The van der Waals surface area contributed by atoms with E-state index in [0.29, 0.717) is 23.5 Å². The number of phenolic OH excluding ortho intramolecular Hbond substituents is 1. The maximum atomic E-state index is 11.4. The van der Waals surface area contributed by atoms with Gasteiger partial charge in [-0.1, -0.05) is 96.2 Å². The number of rotatable bonds is 2. The molecule has 0 amide bonds. The number of aromatic hydroxyl groups is 1. The van der Waals surface area contributed by atoms with E-state index in [4.69, 9.17) is 18.6 Å². The van der Waals surface area contributed by atoms with Gasteiger partial charge in [-0.15, -0.1) is 0 Å². The summed E-state index contributed by atoms with van der Waals surface area (Å²) < 4.78 is 0. The molecule has 184 valence electrons. The van der Waals surface area contributed by atoms with Crippen LogP contribution in [0.15, 0.2) is 60.7 Å². The molecular weight excluding hydrogens is 495 g/mol. The van der Waals surface area contributed by atoms with Crippen LogP contribution in [-0.4, -0.2) is 5.11 Å². The molecule has 0 aliphatic heterocycles. The molecule has 0 bridgehead atoms. The third-order valence-electron chi connectivity index (χ3n) is 6.97. The van der Waals surface area contributed by atoms with Crippen molar-refractivity contribution in [2.75, 3.05) is 0 Å². The van der Waals surface area contributed by atoms with Crippen molar-refractivity contribution in [1.29, 1.82) is 0 Å². The van der Waals surface area contributed by atoms with Gasteiger partial charge in [0.15, 0.2) is 0 Å². The van der Waals surface area contributed by atoms with E-state index in [9.17, 15) is 5.11 Å². The van der Waals surface area contributed by atoms with Gasteiger partial charge in [0.25, 0.3) is 0 Å². The quantitative estimate of drug-likeness (QED) is 0.300. The summed E-state index contributed by atoms with van der Waals surface area (Å²) >= 11 is -0.556. The third-order valence-corrected chi connectivity index (χ3v) is 6.97. The summed E-state index contributed by atoms with van der Waals surface area (Å²) in [6, 6.07) is 13.2. The molecule has 0 saturated heterocycles. The normalized spacial score (nSPS) is 21.2. The van der Waals surface area contributed by atoms with Crippen LogP contribution >= 0.6 is 18.6 Å². The van der Waals surface area contributed by atoms with Crippen LogP contribution in [0.5, 0.6) is 5.75 Å². The van der Waals surface area contributed by atoms with E-state index in [1.54, 1.807) is 0 Å². The molecule has 1 N–H and O–H groups in total. The van der Waals surface area contributed by atoms with Crippen LogP contribution in [0.25, 0.3) is 11.1 Å². The van der Waals surface area contributed by atoms with Gasteiger partial charge in [0.2, 0.25) is 0 Å². The van der Waals surface area contributed by atoms with Crippen molar-refractivity contribution in [1.82, 2.24) is 0 Å². The molecule has 2 aliphatic rings. The second kappa shape index (κ2) is 11.8. The number of phenols is 1. The zero-order valence-electron chi connectivity index (χ0n) is 21.6. The molecule has 2 unspecified atom stereocenters. The summed E-state index contributed by atoms with van der Waals surface area (Å²) in [5.41, 5.74) is 5.79. The van der Waals surface area contributed by atoms with Crippen LogP contribution in [0.1, 0.15) is 77.0 Å². The number of hydrogen-bond donors (Lipinski definition) is 1. The molecule has 0 aromatic heterocycles. The van der Waals surface area contributed by atoms with E-state index in [0.717, 1.165) is 11.1 Å². The maximum absolute atomic E-state index is 11.4. The van der Waals surface area contributed by atoms with Gasteiger partial charge in [-0.05, 0) is 64.2 Å². The number of benzene rings is 2. The summed E-state index contributed by atoms with van der Waals surface area (Å²) in [5, 5.41) is 11.4. The minimum atomic E-state index is -0.556. The number of hydrogen-bond acceptors (Lipinski definition) is 1. The number of fused-ring (bicyclic) bond motifs is 1. The average Bonchev–Trinajstić information content (AvgIpc) is 3.17. The summed E-state index contributed by atoms with van der Waals surface area (Å²) in [6.07, 6.45) is 11.5. The first-order valence-corrected chi connectivity index (χ1v) is 16.1. The van der Waals surface area contributed by atoms with Gasteiger partial charge in [-0.25, -0.2) is 0 Å². The topological polar surface area (TPSA) is 20.2 Å². The first kappa shape index (κ1) is 29.2. The van der Waals surface area contributed by atoms with E-state index >= 15 is 0 Å². The Labute approximate surface area is 224 Å². The van der Waals surface area contributed by atoms with Crippen molar-refractivity contribution in [3.63, 3.8) is 0 Å². The first-order valence-electron chi connectivity index (χ1n) is 11.8. The molecule has 0 radical (unpaired) electrons. The van der Waals surface area contributed by atoms with Gasteiger partial charge < -0.3 is 12.5 Å². The summed E-state index contributed by atoms with van der Waals surface area (Å²) in [5.74, 6) is 2.26. The van der Waals surface area contributed by atoms with Gasteiger partial charge in [0, 0.05) is 11.1 Å². The fourth-order valence-electron chi connectivity index (χ4n) is 5.16. The van der Waals surface area contributed by atoms with Gasteiger partial charge in [0.1, 0.15) is 5.75 Å². The van der Waals surface area contributed by atoms with Crippen LogP contribution in [0.2, 0.25) is 0 Å². The molecule has 0 spiro atoms. The molecule has 1 saturated carbocycles. The van der Waals surface area contributed by atoms with E-state index < -0.39 is 17.0 Å². The Morgan fingerprint density at radius 3 is 1.85 bits per heavy atom. The summed E-state index contributed by atoms with van der Waals surface area (Å²) in [4.78, 5) is 0. The van der Waals surface area contributed by atoms with Crippen LogP contribution < -0.4 is 0 Å². The molecule has 2 atom stereocenters. The Hall–Kier alpha value is -0.986. The van der Waals surface area contributed by atoms with E-state index in [1.165, 1.54) is 29.5 Å². The number of halogens is 2. The molecule has 4 rings (SSSR count). The first-order chi connectivity index (χ1) is 15.5. The SMILES string of the molecule is CC(C)(C)c1cc(-c2ccccc2C2CC3C=CC=CC3C2)c(O)c(C(C)(C)C)c1.[CH3-].[Cl][Ti][Cl]. The van der Waals surface area contributed by atoms with Crippen molar-refractivity contribution < 1.29 is 22.1 Å². The van der Waals surface area contributed by atoms with Crippen molar-refractivity contribution in [2.45, 2.75) is 71.1 Å². The van der Waals surface area contributed by atoms with Crippen LogP contribution in [0, 0.1) is 19.3 Å². The molecule has 1 fully saturated rings. The number of allylic oxidation sites excluding steroid dienone is 4. The van der Waals surface area contributed by atoms with Crippen molar-refractivity contribution in [2.24, 2.45) is 11.8 Å². The second-order valence-corrected chi connectivity index (χ2v) is 13.9. The Kier molecular flexibility index (Phi) is 10.2. The zero-order chi connectivity index (χ0) is 24.4. The molecule has 2 aromatic carbocycles. The fraction of sp³-hybridized carbons (Fsp3) is 0.433. The Balaban J connectivity index is 0.000000970. The second-order valence-electron chi connectivity index (χ2n) is 11.3. The van der Waals surface area contributed by atoms with Crippen molar-refractivity contribution in [3.05, 3.63) is 84.8 Å².